The zero-order valence-corrected chi connectivity index (χ0v) is 15.1. The van der Waals surface area contributed by atoms with E-state index in [1.165, 1.54) is 33.5 Å². The summed E-state index contributed by atoms with van der Waals surface area (Å²) in [6, 6.07) is 11.8. The Morgan fingerprint density at radius 3 is 2.30 bits per heavy atom. The van der Waals surface area contributed by atoms with Crippen molar-refractivity contribution in [2.75, 3.05) is 21.3 Å². The van der Waals surface area contributed by atoms with Gasteiger partial charge in [-0.3, -0.25) is 9.59 Å². The van der Waals surface area contributed by atoms with Crippen LogP contribution in [0.15, 0.2) is 53.1 Å². The topological polar surface area (TPSA) is 75.0 Å². The van der Waals surface area contributed by atoms with Gasteiger partial charge in [0.25, 0.3) is 0 Å². The van der Waals surface area contributed by atoms with Crippen LogP contribution in [0.25, 0.3) is 11.3 Å². The van der Waals surface area contributed by atoms with Gasteiger partial charge in [-0.2, -0.15) is 0 Å². The van der Waals surface area contributed by atoms with Crippen molar-refractivity contribution in [3.63, 3.8) is 0 Å². The molecule has 0 aliphatic heterocycles. The van der Waals surface area contributed by atoms with Crippen molar-refractivity contribution < 1.29 is 28.2 Å². The number of aldehydes is 1. The Hall–Kier alpha value is -3.54. The van der Waals surface area contributed by atoms with Gasteiger partial charge in [-0.15, -0.1) is 0 Å². The summed E-state index contributed by atoms with van der Waals surface area (Å²) >= 11 is 0. The highest BCUT2D eigenvalue weighted by atomic mass is 16.5. The zero-order chi connectivity index (χ0) is 19.4. The van der Waals surface area contributed by atoms with E-state index in [1.54, 1.807) is 30.5 Å². The monoisotopic (exact) mass is 366 g/mol. The van der Waals surface area contributed by atoms with Crippen LogP contribution in [0.5, 0.6) is 17.2 Å². The maximum Gasteiger partial charge on any atom is 0.200 e. The lowest BCUT2D eigenvalue weighted by Crippen LogP contribution is -2.08. The first-order valence-corrected chi connectivity index (χ1v) is 8.11. The van der Waals surface area contributed by atoms with Gasteiger partial charge in [-0.25, -0.2) is 0 Å². The standard InChI is InChI=1S/C21H18O6/c1-24-18-9-7-13(17-5-4-10-27-17)11-16(18)19(23)15-8-6-14(12-22)20(25-2)21(15)26-3/h4-12H,1-3H3. The quantitative estimate of drug-likeness (QED) is 0.464. The Bertz CT molecular complexity index is 973. The lowest BCUT2D eigenvalue weighted by Gasteiger charge is -2.15. The Balaban J connectivity index is 2.16. The van der Waals surface area contributed by atoms with Crippen LogP contribution in [-0.2, 0) is 0 Å². The van der Waals surface area contributed by atoms with Gasteiger partial charge in [-0.05, 0) is 42.5 Å². The molecule has 6 heteroatoms. The molecule has 0 fully saturated rings. The smallest absolute Gasteiger partial charge is 0.200 e. The fourth-order valence-electron chi connectivity index (χ4n) is 2.89. The normalized spacial score (nSPS) is 10.3. The summed E-state index contributed by atoms with van der Waals surface area (Å²) in [7, 11) is 4.32. The molecule has 2 aromatic carbocycles. The minimum Gasteiger partial charge on any atom is -0.496 e. The molecular formula is C21H18O6. The second kappa shape index (κ2) is 7.78. The average Bonchev–Trinajstić information content (AvgIpc) is 3.26. The summed E-state index contributed by atoms with van der Waals surface area (Å²) in [6.45, 7) is 0. The molecule has 3 aromatic rings. The first-order chi connectivity index (χ1) is 13.1. The van der Waals surface area contributed by atoms with Gasteiger partial charge in [0.1, 0.15) is 11.5 Å². The van der Waals surface area contributed by atoms with Crippen LogP contribution in [0, 0.1) is 0 Å². The minimum absolute atomic E-state index is 0.192. The van der Waals surface area contributed by atoms with E-state index in [0.29, 0.717) is 28.9 Å². The number of ether oxygens (including phenoxy) is 3. The van der Waals surface area contributed by atoms with Gasteiger partial charge < -0.3 is 18.6 Å². The first-order valence-electron chi connectivity index (χ1n) is 8.11. The first kappa shape index (κ1) is 18.3. The van der Waals surface area contributed by atoms with E-state index in [0.717, 1.165) is 5.56 Å². The maximum absolute atomic E-state index is 13.3. The maximum atomic E-state index is 13.3. The van der Waals surface area contributed by atoms with E-state index in [-0.39, 0.29) is 22.8 Å². The molecule has 0 unspecified atom stereocenters. The SMILES string of the molecule is COc1ccc(-c2ccco2)cc1C(=O)c1ccc(C=O)c(OC)c1OC. The summed E-state index contributed by atoms with van der Waals surface area (Å²) in [4.78, 5) is 24.5. The Morgan fingerprint density at radius 1 is 0.926 bits per heavy atom. The molecule has 27 heavy (non-hydrogen) atoms. The summed E-state index contributed by atoms with van der Waals surface area (Å²) in [6.07, 6.45) is 2.21. The Kier molecular flexibility index (Phi) is 5.26. The van der Waals surface area contributed by atoms with Crippen molar-refractivity contribution in [2.24, 2.45) is 0 Å². The van der Waals surface area contributed by atoms with Crippen molar-refractivity contribution in [3.8, 4) is 28.6 Å². The second-order valence-corrected chi connectivity index (χ2v) is 5.61. The van der Waals surface area contributed by atoms with E-state index in [1.807, 2.05) is 6.07 Å². The number of hydrogen-bond acceptors (Lipinski definition) is 6. The van der Waals surface area contributed by atoms with E-state index >= 15 is 0 Å². The number of rotatable bonds is 7. The number of carbonyl (C=O) groups excluding carboxylic acids is 2. The number of furan rings is 1. The van der Waals surface area contributed by atoms with Gasteiger partial charge in [0, 0.05) is 5.56 Å². The zero-order valence-electron chi connectivity index (χ0n) is 15.1. The molecule has 3 rings (SSSR count). The van der Waals surface area contributed by atoms with E-state index in [4.69, 9.17) is 18.6 Å². The third-order valence-electron chi connectivity index (χ3n) is 4.17. The van der Waals surface area contributed by atoms with Crippen LogP contribution in [-0.4, -0.2) is 33.4 Å². The van der Waals surface area contributed by atoms with Gasteiger partial charge >= 0.3 is 0 Å². The molecule has 1 aromatic heterocycles. The molecule has 0 saturated carbocycles. The van der Waals surface area contributed by atoms with Gasteiger partial charge in [0.2, 0.25) is 5.78 Å². The molecular weight excluding hydrogens is 348 g/mol. The van der Waals surface area contributed by atoms with Crippen molar-refractivity contribution in [1.29, 1.82) is 0 Å². The fraction of sp³-hybridized carbons (Fsp3) is 0.143. The van der Waals surface area contributed by atoms with Crippen LogP contribution in [0.4, 0.5) is 0 Å². The third-order valence-corrected chi connectivity index (χ3v) is 4.17. The molecule has 0 aliphatic rings. The molecule has 0 radical (unpaired) electrons. The van der Waals surface area contributed by atoms with Crippen LogP contribution in [0.1, 0.15) is 26.3 Å². The lowest BCUT2D eigenvalue weighted by atomic mass is 9.97. The highest BCUT2D eigenvalue weighted by Crippen LogP contribution is 2.37. The largest absolute Gasteiger partial charge is 0.496 e. The molecule has 0 aliphatic carbocycles. The number of benzene rings is 2. The Morgan fingerprint density at radius 2 is 1.70 bits per heavy atom. The summed E-state index contributed by atoms with van der Waals surface area (Å²) in [5.74, 6) is 1.12. The number of hydrogen-bond donors (Lipinski definition) is 0. The molecule has 0 saturated heterocycles. The number of carbonyl (C=O) groups is 2. The molecule has 6 nitrogen and oxygen atoms in total. The van der Waals surface area contributed by atoms with E-state index in [2.05, 4.69) is 0 Å². The highest BCUT2D eigenvalue weighted by molar-refractivity contribution is 6.13. The molecule has 0 bridgehead atoms. The highest BCUT2D eigenvalue weighted by Gasteiger charge is 2.24. The minimum atomic E-state index is -0.326. The molecule has 0 spiro atoms. The average molecular weight is 366 g/mol. The predicted molar refractivity (Wildman–Crippen MR) is 99.1 cm³/mol. The van der Waals surface area contributed by atoms with Crippen LogP contribution in [0.2, 0.25) is 0 Å². The summed E-state index contributed by atoms with van der Waals surface area (Å²) in [5, 5.41) is 0. The fourth-order valence-corrected chi connectivity index (χ4v) is 2.89. The number of methoxy groups -OCH3 is 3. The summed E-state index contributed by atoms with van der Waals surface area (Å²) < 4.78 is 21.4. The van der Waals surface area contributed by atoms with Crippen molar-refractivity contribution in [2.45, 2.75) is 0 Å². The van der Waals surface area contributed by atoms with E-state index < -0.39 is 0 Å². The molecule has 1 heterocycles. The van der Waals surface area contributed by atoms with Gasteiger partial charge in [0.05, 0.1) is 44.3 Å². The van der Waals surface area contributed by atoms with Crippen LogP contribution < -0.4 is 14.2 Å². The van der Waals surface area contributed by atoms with Crippen molar-refractivity contribution in [1.82, 2.24) is 0 Å². The van der Waals surface area contributed by atoms with Crippen molar-refractivity contribution in [3.05, 3.63) is 65.4 Å². The summed E-state index contributed by atoms with van der Waals surface area (Å²) in [5.41, 5.74) is 1.63. The molecule has 0 N–H and O–H groups in total. The van der Waals surface area contributed by atoms with E-state index in [9.17, 15) is 9.59 Å². The molecule has 138 valence electrons. The number of ketones is 1. The lowest BCUT2D eigenvalue weighted by molar-refractivity contribution is 0.103. The Labute approximate surface area is 156 Å². The van der Waals surface area contributed by atoms with Gasteiger partial charge in [0.15, 0.2) is 17.8 Å². The van der Waals surface area contributed by atoms with Crippen LogP contribution >= 0.6 is 0 Å². The van der Waals surface area contributed by atoms with Crippen molar-refractivity contribution >= 4 is 12.1 Å². The molecule has 0 amide bonds. The van der Waals surface area contributed by atoms with Crippen LogP contribution in [0.3, 0.4) is 0 Å². The predicted octanol–water partition coefficient (Wildman–Crippen LogP) is 4.02. The third kappa shape index (κ3) is 3.29. The molecule has 0 atom stereocenters. The van der Waals surface area contributed by atoms with Gasteiger partial charge in [-0.1, -0.05) is 0 Å². The second-order valence-electron chi connectivity index (χ2n) is 5.61.